The van der Waals surface area contributed by atoms with Crippen LogP contribution in [0.4, 0.5) is 4.79 Å². The molecule has 18 heavy (non-hydrogen) atoms. The normalized spacial score (nSPS) is 15.6. The molecule has 0 spiro atoms. The first kappa shape index (κ1) is 12.9. The van der Waals surface area contributed by atoms with Gasteiger partial charge in [-0.3, -0.25) is 0 Å². The Bertz CT molecular complexity index is 383. The molecule has 2 rings (SSSR count). The van der Waals surface area contributed by atoms with Gasteiger partial charge in [-0.1, -0.05) is 37.1 Å². The van der Waals surface area contributed by atoms with Gasteiger partial charge in [0.2, 0.25) is 0 Å². The number of carbonyl (C=O) groups is 1. The largest absolute Gasteiger partial charge is 0.335 e. The molecule has 0 radical (unpaired) electrons. The molecule has 4 nitrogen and oxygen atoms in total. The van der Waals surface area contributed by atoms with E-state index in [1.165, 1.54) is 12.8 Å². The van der Waals surface area contributed by atoms with E-state index in [4.69, 9.17) is 5.73 Å². The minimum Gasteiger partial charge on any atom is -0.335 e. The molecule has 1 aromatic carbocycles. The van der Waals surface area contributed by atoms with Gasteiger partial charge in [-0.2, -0.15) is 0 Å². The summed E-state index contributed by atoms with van der Waals surface area (Å²) in [6, 6.07) is 8.28. The molecule has 0 unspecified atom stereocenters. The fraction of sp³-hybridized carbons (Fsp3) is 0.500. The zero-order valence-corrected chi connectivity index (χ0v) is 10.6. The first-order valence-corrected chi connectivity index (χ1v) is 6.60. The van der Waals surface area contributed by atoms with Crippen LogP contribution in [0.2, 0.25) is 0 Å². The molecule has 1 saturated carbocycles. The van der Waals surface area contributed by atoms with Gasteiger partial charge >= 0.3 is 6.03 Å². The second-order valence-electron chi connectivity index (χ2n) is 4.83. The Hall–Kier alpha value is -1.55. The number of benzene rings is 1. The summed E-state index contributed by atoms with van der Waals surface area (Å²) in [5.41, 5.74) is 7.73. The number of hydrogen-bond donors (Lipinski definition) is 3. The molecule has 1 aliphatic rings. The highest BCUT2D eigenvalue weighted by atomic mass is 16.2. The van der Waals surface area contributed by atoms with Crippen molar-refractivity contribution in [1.29, 1.82) is 0 Å². The van der Waals surface area contributed by atoms with Crippen LogP contribution in [0.5, 0.6) is 0 Å². The van der Waals surface area contributed by atoms with Crippen molar-refractivity contribution >= 4 is 6.03 Å². The van der Waals surface area contributed by atoms with Gasteiger partial charge in [0.05, 0.1) is 0 Å². The summed E-state index contributed by atoms with van der Waals surface area (Å²) in [6.45, 7) is 1.11. The highest BCUT2D eigenvalue weighted by molar-refractivity contribution is 5.74. The van der Waals surface area contributed by atoms with E-state index in [2.05, 4.69) is 10.6 Å². The number of nitrogens with one attached hydrogen (secondary N) is 2. The molecule has 4 N–H and O–H groups in total. The van der Waals surface area contributed by atoms with Gasteiger partial charge in [0.1, 0.15) is 0 Å². The van der Waals surface area contributed by atoms with E-state index in [0.717, 1.165) is 24.0 Å². The van der Waals surface area contributed by atoms with Gasteiger partial charge in [-0.25, -0.2) is 4.79 Å². The number of rotatable bonds is 4. The van der Waals surface area contributed by atoms with Crippen LogP contribution in [-0.2, 0) is 13.1 Å². The van der Waals surface area contributed by atoms with Crippen molar-refractivity contribution in [3.05, 3.63) is 35.4 Å². The lowest BCUT2D eigenvalue weighted by Crippen LogP contribution is -2.40. The lowest BCUT2D eigenvalue weighted by molar-refractivity contribution is 0.236. The third-order valence-corrected chi connectivity index (χ3v) is 3.40. The standard InChI is InChI=1S/C14H21N3O/c15-9-11-5-7-12(8-6-11)10-16-14(18)17-13-3-1-2-4-13/h5-8,13H,1-4,9-10,15H2,(H2,16,17,18). The van der Waals surface area contributed by atoms with Crippen molar-refractivity contribution in [2.45, 2.75) is 44.8 Å². The quantitative estimate of drug-likeness (QED) is 0.760. The third-order valence-electron chi connectivity index (χ3n) is 3.40. The monoisotopic (exact) mass is 247 g/mol. The van der Waals surface area contributed by atoms with Crippen LogP contribution in [-0.4, -0.2) is 12.1 Å². The number of urea groups is 1. The van der Waals surface area contributed by atoms with E-state index >= 15 is 0 Å². The number of hydrogen-bond acceptors (Lipinski definition) is 2. The van der Waals surface area contributed by atoms with E-state index < -0.39 is 0 Å². The van der Waals surface area contributed by atoms with Gasteiger partial charge in [-0.05, 0) is 24.0 Å². The highest BCUT2D eigenvalue weighted by Gasteiger charge is 2.16. The molecule has 0 heterocycles. The average molecular weight is 247 g/mol. The van der Waals surface area contributed by atoms with Gasteiger partial charge in [0, 0.05) is 19.1 Å². The Labute approximate surface area is 108 Å². The fourth-order valence-electron chi connectivity index (χ4n) is 2.28. The van der Waals surface area contributed by atoms with E-state index in [0.29, 0.717) is 19.1 Å². The molecular formula is C14H21N3O. The summed E-state index contributed by atoms with van der Waals surface area (Å²) in [4.78, 5) is 11.7. The van der Waals surface area contributed by atoms with E-state index in [9.17, 15) is 4.79 Å². The lowest BCUT2D eigenvalue weighted by Gasteiger charge is -2.13. The molecule has 1 aromatic rings. The van der Waals surface area contributed by atoms with Crippen molar-refractivity contribution in [2.24, 2.45) is 5.73 Å². The maximum absolute atomic E-state index is 11.7. The first-order chi connectivity index (χ1) is 8.78. The molecule has 98 valence electrons. The Morgan fingerprint density at radius 2 is 1.78 bits per heavy atom. The zero-order chi connectivity index (χ0) is 12.8. The third kappa shape index (κ3) is 3.74. The van der Waals surface area contributed by atoms with Crippen LogP contribution in [0.1, 0.15) is 36.8 Å². The Balaban J connectivity index is 1.74. The molecule has 1 fully saturated rings. The van der Waals surface area contributed by atoms with Crippen LogP contribution in [0.3, 0.4) is 0 Å². The Kier molecular flexibility index (Phi) is 4.59. The maximum Gasteiger partial charge on any atom is 0.315 e. The molecule has 4 heteroatoms. The van der Waals surface area contributed by atoms with Crippen LogP contribution >= 0.6 is 0 Å². The second kappa shape index (κ2) is 6.40. The SMILES string of the molecule is NCc1ccc(CNC(=O)NC2CCCC2)cc1. The van der Waals surface area contributed by atoms with Crippen molar-refractivity contribution in [3.63, 3.8) is 0 Å². The molecular weight excluding hydrogens is 226 g/mol. The predicted octanol–water partition coefficient (Wildman–Crippen LogP) is 1.89. The number of carbonyl (C=O) groups excluding carboxylic acids is 1. The van der Waals surface area contributed by atoms with E-state index in [-0.39, 0.29) is 6.03 Å². The Morgan fingerprint density at radius 1 is 1.17 bits per heavy atom. The molecule has 0 aromatic heterocycles. The minimum atomic E-state index is -0.0650. The second-order valence-corrected chi connectivity index (χ2v) is 4.83. The average Bonchev–Trinajstić information content (AvgIpc) is 2.90. The summed E-state index contributed by atoms with van der Waals surface area (Å²) in [7, 11) is 0. The highest BCUT2D eigenvalue weighted by Crippen LogP contribution is 2.17. The van der Waals surface area contributed by atoms with Crippen LogP contribution < -0.4 is 16.4 Å². The number of amides is 2. The predicted molar refractivity (Wildman–Crippen MR) is 72.0 cm³/mol. The number of nitrogens with two attached hydrogens (primary N) is 1. The molecule has 0 bridgehead atoms. The molecule has 0 aliphatic heterocycles. The van der Waals surface area contributed by atoms with Crippen molar-refractivity contribution in [3.8, 4) is 0 Å². The van der Waals surface area contributed by atoms with Gasteiger partial charge in [0.25, 0.3) is 0 Å². The first-order valence-electron chi connectivity index (χ1n) is 6.60. The topological polar surface area (TPSA) is 67.1 Å². The van der Waals surface area contributed by atoms with Gasteiger partial charge in [0.15, 0.2) is 0 Å². The summed E-state index contributed by atoms with van der Waals surface area (Å²) in [6.07, 6.45) is 4.67. The van der Waals surface area contributed by atoms with Crippen molar-refractivity contribution in [1.82, 2.24) is 10.6 Å². The van der Waals surface area contributed by atoms with Crippen LogP contribution in [0.15, 0.2) is 24.3 Å². The van der Waals surface area contributed by atoms with Gasteiger partial charge in [-0.15, -0.1) is 0 Å². The molecule has 0 atom stereocenters. The van der Waals surface area contributed by atoms with Gasteiger partial charge < -0.3 is 16.4 Å². The maximum atomic E-state index is 11.7. The summed E-state index contributed by atoms with van der Waals surface area (Å²) in [5.74, 6) is 0. The molecule has 0 saturated heterocycles. The van der Waals surface area contributed by atoms with Crippen LogP contribution in [0.25, 0.3) is 0 Å². The zero-order valence-electron chi connectivity index (χ0n) is 10.6. The van der Waals surface area contributed by atoms with E-state index in [1.807, 2.05) is 24.3 Å². The van der Waals surface area contributed by atoms with E-state index in [1.54, 1.807) is 0 Å². The van der Waals surface area contributed by atoms with Crippen LogP contribution in [0, 0.1) is 0 Å². The Morgan fingerprint density at radius 3 is 2.39 bits per heavy atom. The minimum absolute atomic E-state index is 0.0650. The van der Waals surface area contributed by atoms with Crippen molar-refractivity contribution < 1.29 is 4.79 Å². The fourth-order valence-corrected chi connectivity index (χ4v) is 2.28. The summed E-state index contributed by atoms with van der Waals surface area (Å²) in [5, 5.41) is 5.88. The molecule has 1 aliphatic carbocycles. The van der Waals surface area contributed by atoms with Crippen molar-refractivity contribution in [2.75, 3.05) is 0 Å². The smallest absolute Gasteiger partial charge is 0.315 e. The summed E-state index contributed by atoms with van der Waals surface area (Å²) < 4.78 is 0. The lowest BCUT2D eigenvalue weighted by atomic mass is 10.1. The summed E-state index contributed by atoms with van der Waals surface area (Å²) >= 11 is 0. The molecule has 2 amide bonds.